The molecule has 174 valence electrons. The number of piperazine rings is 1. The molecule has 2 aromatic carbocycles. The summed E-state index contributed by atoms with van der Waals surface area (Å²) in [6.45, 7) is 3.25. The first-order valence-electron chi connectivity index (χ1n) is 11.0. The Morgan fingerprint density at radius 2 is 1.71 bits per heavy atom. The van der Waals surface area contributed by atoms with Gasteiger partial charge in [0.2, 0.25) is 0 Å². The maximum Gasteiger partial charge on any atom is 0.280 e. The van der Waals surface area contributed by atoms with Gasteiger partial charge in [0.05, 0.1) is 11.9 Å². The average molecular weight is 482 g/mol. The van der Waals surface area contributed by atoms with E-state index in [1.54, 1.807) is 17.0 Å². The first-order valence-corrected chi connectivity index (χ1v) is 11.4. The number of nitrogens with zero attached hydrogens (tertiary/aromatic N) is 5. The number of carbonyl (C=O) groups excluding carboxylic acids is 1. The Bertz CT molecular complexity index is 1300. The molecule has 0 radical (unpaired) electrons. The highest BCUT2D eigenvalue weighted by atomic mass is 35.5. The third-order valence-corrected chi connectivity index (χ3v) is 6.25. The fraction of sp³-hybridized carbons (Fsp3) is 0.240. The number of carbonyl (C=O) groups is 1. The van der Waals surface area contributed by atoms with Crippen molar-refractivity contribution in [3.05, 3.63) is 88.7 Å². The predicted molar refractivity (Wildman–Crippen MR) is 126 cm³/mol. The largest absolute Gasteiger partial charge is 0.336 e. The lowest BCUT2D eigenvalue weighted by Crippen LogP contribution is -2.48. The zero-order valence-corrected chi connectivity index (χ0v) is 19.0. The summed E-state index contributed by atoms with van der Waals surface area (Å²) in [6, 6.07) is 18.1. The molecule has 0 aliphatic carbocycles. The van der Waals surface area contributed by atoms with Gasteiger partial charge < -0.3 is 4.90 Å². The maximum atomic E-state index is 13.8. The van der Waals surface area contributed by atoms with Crippen LogP contribution in [0.5, 0.6) is 0 Å². The van der Waals surface area contributed by atoms with Crippen molar-refractivity contribution < 1.29 is 13.6 Å². The third kappa shape index (κ3) is 4.51. The molecule has 1 saturated heterocycles. The third-order valence-electron chi connectivity index (χ3n) is 6.00. The highest BCUT2D eigenvalue weighted by Gasteiger charge is 2.27. The fourth-order valence-electron chi connectivity index (χ4n) is 4.18. The van der Waals surface area contributed by atoms with Gasteiger partial charge in [0.15, 0.2) is 5.65 Å². The molecule has 1 aliphatic heterocycles. The average Bonchev–Trinajstić information content (AvgIpc) is 3.29. The first-order chi connectivity index (χ1) is 16.5. The lowest BCUT2D eigenvalue weighted by atomic mass is 10.1. The van der Waals surface area contributed by atoms with E-state index in [1.165, 1.54) is 12.3 Å². The van der Waals surface area contributed by atoms with Crippen molar-refractivity contribution in [3.63, 3.8) is 0 Å². The van der Waals surface area contributed by atoms with E-state index in [2.05, 4.69) is 15.0 Å². The van der Waals surface area contributed by atoms with Gasteiger partial charge in [-0.05, 0) is 23.8 Å². The number of hydrogen-bond donors (Lipinski definition) is 0. The van der Waals surface area contributed by atoms with Crippen LogP contribution < -0.4 is 0 Å². The second-order valence-electron chi connectivity index (χ2n) is 8.22. The van der Waals surface area contributed by atoms with Crippen LogP contribution in [0.4, 0.5) is 8.78 Å². The molecule has 1 amide bonds. The summed E-state index contributed by atoms with van der Waals surface area (Å²) >= 11 is 5.96. The summed E-state index contributed by atoms with van der Waals surface area (Å²) in [5.41, 5.74) is 2.31. The smallest absolute Gasteiger partial charge is 0.280 e. The summed E-state index contributed by atoms with van der Waals surface area (Å²) < 4.78 is 28.7. The van der Waals surface area contributed by atoms with Crippen molar-refractivity contribution in [2.45, 2.75) is 13.0 Å². The van der Waals surface area contributed by atoms with E-state index in [0.29, 0.717) is 42.5 Å². The lowest BCUT2D eigenvalue weighted by Gasteiger charge is -2.34. The van der Waals surface area contributed by atoms with Crippen LogP contribution in [0.2, 0.25) is 5.02 Å². The van der Waals surface area contributed by atoms with Gasteiger partial charge in [0, 0.05) is 43.3 Å². The molecular weight excluding hydrogens is 460 g/mol. The molecule has 0 unspecified atom stereocenters. The molecule has 6 nitrogen and oxygen atoms in total. The minimum atomic E-state index is -2.76. The van der Waals surface area contributed by atoms with Gasteiger partial charge in [0.25, 0.3) is 12.3 Å². The van der Waals surface area contributed by atoms with Crippen LogP contribution in [0.3, 0.4) is 0 Å². The lowest BCUT2D eigenvalue weighted by molar-refractivity contribution is 0.0630. The van der Waals surface area contributed by atoms with Crippen LogP contribution in [0.25, 0.3) is 16.9 Å². The van der Waals surface area contributed by atoms with E-state index in [0.717, 1.165) is 16.6 Å². The van der Waals surface area contributed by atoms with E-state index >= 15 is 0 Å². The van der Waals surface area contributed by atoms with Crippen molar-refractivity contribution >= 4 is 23.2 Å². The quantitative estimate of drug-likeness (QED) is 0.405. The predicted octanol–water partition coefficient (Wildman–Crippen LogP) is 4.95. The normalized spacial score (nSPS) is 14.8. The standard InChI is InChI=1S/C25H22ClF2N5O/c26-19-8-6-17(7-9-19)16-31-10-12-32(13-11-31)25(34)20-15-29-33-22(23(27)28)14-21(30-24(20)33)18-4-2-1-3-5-18/h1-9,14-15,23H,10-13,16H2. The highest BCUT2D eigenvalue weighted by Crippen LogP contribution is 2.27. The molecule has 0 bridgehead atoms. The zero-order valence-electron chi connectivity index (χ0n) is 18.2. The van der Waals surface area contributed by atoms with Crippen molar-refractivity contribution in [2.75, 3.05) is 26.2 Å². The Morgan fingerprint density at radius 3 is 2.38 bits per heavy atom. The number of amides is 1. The maximum absolute atomic E-state index is 13.8. The molecule has 0 atom stereocenters. The molecular formula is C25H22ClF2N5O. The molecule has 5 rings (SSSR count). The Kier molecular flexibility index (Phi) is 6.26. The summed E-state index contributed by atoms with van der Waals surface area (Å²) in [5, 5.41) is 4.77. The van der Waals surface area contributed by atoms with E-state index in [9.17, 15) is 13.6 Å². The van der Waals surface area contributed by atoms with Crippen molar-refractivity contribution in [1.82, 2.24) is 24.4 Å². The summed E-state index contributed by atoms with van der Waals surface area (Å²) in [5.74, 6) is -0.251. The Morgan fingerprint density at radius 1 is 1.00 bits per heavy atom. The Labute approximate surface area is 200 Å². The van der Waals surface area contributed by atoms with Crippen LogP contribution >= 0.6 is 11.6 Å². The molecule has 0 saturated carbocycles. The first kappa shape index (κ1) is 22.4. The fourth-order valence-corrected chi connectivity index (χ4v) is 4.30. The van der Waals surface area contributed by atoms with Gasteiger partial charge >= 0.3 is 0 Å². The van der Waals surface area contributed by atoms with Crippen LogP contribution in [-0.4, -0.2) is 56.5 Å². The topological polar surface area (TPSA) is 53.7 Å². The van der Waals surface area contributed by atoms with Crippen LogP contribution in [0.15, 0.2) is 66.9 Å². The molecule has 9 heteroatoms. The number of hydrogen-bond acceptors (Lipinski definition) is 4. The minimum absolute atomic E-state index is 0.144. The SMILES string of the molecule is O=C(c1cnn2c(C(F)F)cc(-c3ccccc3)nc12)N1CCN(Cc2ccc(Cl)cc2)CC1. The van der Waals surface area contributed by atoms with E-state index < -0.39 is 6.43 Å². The van der Waals surface area contributed by atoms with Crippen LogP contribution in [-0.2, 0) is 6.54 Å². The molecule has 4 aromatic rings. The molecule has 3 heterocycles. The summed E-state index contributed by atoms with van der Waals surface area (Å²) in [7, 11) is 0. The highest BCUT2D eigenvalue weighted by molar-refractivity contribution is 6.30. The molecule has 1 aliphatic rings. The van der Waals surface area contributed by atoms with Gasteiger partial charge in [-0.2, -0.15) is 5.10 Å². The molecule has 2 aromatic heterocycles. The molecule has 0 spiro atoms. The molecule has 1 fully saturated rings. The number of benzene rings is 2. The van der Waals surface area contributed by atoms with Crippen LogP contribution in [0.1, 0.15) is 28.0 Å². The Hall–Kier alpha value is -3.36. The van der Waals surface area contributed by atoms with Gasteiger partial charge in [-0.1, -0.05) is 54.1 Å². The zero-order chi connectivity index (χ0) is 23.7. The molecule has 0 N–H and O–H groups in total. The summed E-state index contributed by atoms with van der Waals surface area (Å²) in [4.78, 5) is 21.9. The van der Waals surface area contributed by atoms with Gasteiger partial charge in [-0.15, -0.1) is 0 Å². The van der Waals surface area contributed by atoms with Gasteiger partial charge in [0.1, 0.15) is 11.3 Å². The minimum Gasteiger partial charge on any atom is -0.336 e. The number of alkyl halides is 2. The van der Waals surface area contributed by atoms with Crippen molar-refractivity contribution in [1.29, 1.82) is 0 Å². The van der Waals surface area contributed by atoms with Gasteiger partial charge in [-0.25, -0.2) is 18.3 Å². The number of aromatic nitrogens is 3. The van der Waals surface area contributed by atoms with Crippen LogP contribution in [0, 0.1) is 0 Å². The second kappa shape index (κ2) is 9.48. The van der Waals surface area contributed by atoms with Gasteiger partial charge in [-0.3, -0.25) is 9.69 Å². The number of halogens is 3. The van der Waals surface area contributed by atoms with Crippen molar-refractivity contribution in [2.24, 2.45) is 0 Å². The second-order valence-corrected chi connectivity index (χ2v) is 8.66. The molecule has 34 heavy (non-hydrogen) atoms. The van der Waals surface area contributed by atoms with E-state index in [4.69, 9.17) is 11.6 Å². The van der Waals surface area contributed by atoms with E-state index in [1.807, 2.05) is 42.5 Å². The summed E-state index contributed by atoms with van der Waals surface area (Å²) in [6.07, 6.45) is -1.42. The Balaban J connectivity index is 1.37. The number of rotatable bonds is 5. The van der Waals surface area contributed by atoms with E-state index in [-0.39, 0.29) is 22.8 Å². The van der Waals surface area contributed by atoms with Crippen molar-refractivity contribution in [3.8, 4) is 11.3 Å². The monoisotopic (exact) mass is 481 g/mol. The number of fused-ring (bicyclic) bond motifs is 1.